The molecule has 4 unspecified atom stereocenters. The molecule has 4 rings (SSSR count). The molecule has 2 aromatic rings. The molecule has 2 heteroatoms. The van der Waals surface area contributed by atoms with Crippen LogP contribution in [-0.4, -0.2) is 6.61 Å². The number of hydrogen-bond acceptors (Lipinski definition) is 1. The molecule has 31 heavy (non-hydrogen) atoms. The molecule has 0 bridgehead atoms. The number of hydrogen-bond donors (Lipinski definition) is 0. The number of halogens is 1. The van der Waals surface area contributed by atoms with Gasteiger partial charge in [0.2, 0.25) is 0 Å². The summed E-state index contributed by atoms with van der Waals surface area (Å²) in [7, 11) is 0. The molecule has 0 saturated heterocycles. The van der Waals surface area contributed by atoms with E-state index in [1.54, 1.807) is 6.07 Å². The van der Waals surface area contributed by atoms with Gasteiger partial charge < -0.3 is 4.74 Å². The first-order chi connectivity index (χ1) is 15.2. The molecule has 0 N–H and O–H groups in total. The minimum absolute atomic E-state index is 0.0445. The quantitative estimate of drug-likeness (QED) is 0.428. The Balaban J connectivity index is 1.41. The lowest BCUT2D eigenvalue weighted by molar-refractivity contribution is 0.132. The van der Waals surface area contributed by atoms with Gasteiger partial charge >= 0.3 is 0 Å². The third-order valence-corrected chi connectivity index (χ3v) is 7.33. The first kappa shape index (κ1) is 21.9. The Hall–Kier alpha value is -2.35. The fourth-order valence-corrected chi connectivity index (χ4v) is 5.68. The second-order valence-electron chi connectivity index (χ2n) is 9.27. The molecule has 2 fully saturated rings. The molecule has 0 radical (unpaired) electrons. The standard InChI is InChI=1S/C29H35FO/c1-3-5-17-31-27-14-11-22(12-15-27)25-13-16-28(29(30)20-25)26-10-9-23-18-21(6-4-2)7-8-24(23)19-26/h3-6,11-16,20-21,23-24,26H,7-10,17-19H2,1-2H3/b5-3+,6-4+. The topological polar surface area (TPSA) is 9.23 Å². The van der Waals surface area contributed by atoms with E-state index in [9.17, 15) is 0 Å². The number of ether oxygens (including phenoxy) is 1. The van der Waals surface area contributed by atoms with Crippen LogP contribution in [0.3, 0.4) is 0 Å². The molecule has 4 atom stereocenters. The van der Waals surface area contributed by atoms with Crippen molar-refractivity contribution in [1.82, 2.24) is 0 Å². The monoisotopic (exact) mass is 418 g/mol. The zero-order chi connectivity index (χ0) is 21.6. The van der Waals surface area contributed by atoms with Crippen LogP contribution in [0.25, 0.3) is 11.1 Å². The maximum Gasteiger partial charge on any atom is 0.127 e. The molecule has 164 valence electrons. The SMILES string of the molecule is C/C=C/COc1ccc(-c2ccc(C3CCC4CC(/C=C/C)CCC4C3)c(F)c2)cc1. The summed E-state index contributed by atoms with van der Waals surface area (Å²) in [5.41, 5.74) is 2.88. The highest BCUT2D eigenvalue weighted by atomic mass is 19.1. The van der Waals surface area contributed by atoms with Crippen LogP contribution >= 0.6 is 0 Å². The molecular weight excluding hydrogens is 383 g/mol. The average Bonchev–Trinajstić information content (AvgIpc) is 2.79. The van der Waals surface area contributed by atoms with E-state index in [2.05, 4.69) is 25.1 Å². The number of allylic oxidation sites excluding steroid dienone is 3. The summed E-state index contributed by atoms with van der Waals surface area (Å²) in [6, 6.07) is 13.8. The van der Waals surface area contributed by atoms with Crippen LogP contribution in [0.5, 0.6) is 5.75 Å². The fourth-order valence-electron chi connectivity index (χ4n) is 5.68. The Morgan fingerprint density at radius 2 is 1.61 bits per heavy atom. The van der Waals surface area contributed by atoms with Crippen LogP contribution in [0.4, 0.5) is 4.39 Å². The zero-order valence-electron chi connectivity index (χ0n) is 18.9. The van der Waals surface area contributed by atoms with Crippen molar-refractivity contribution in [3.05, 3.63) is 78.1 Å². The van der Waals surface area contributed by atoms with Crippen LogP contribution in [-0.2, 0) is 0 Å². The van der Waals surface area contributed by atoms with Gasteiger partial charge in [-0.25, -0.2) is 4.39 Å². The van der Waals surface area contributed by atoms with Gasteiger partial charge in [0.05, 0.1) is 0 Å². The Morgan fingerprint density at radius 3 is 2.35 bits per heavy atom. The van der Waals surface area contributed by atoms with E-state index in [4.69, 9.17) is 4.74 Å². The van der Waals surface area contributed by atoms with E-state index in [0.717, 1.165) is 53.0 Å². The van der Waals surface area contributed by atoms with Gasteiger partial charge in [-0.15, -0.1) is 0 Å². The lowest BCUT2D eigenvalue weighted by atomic mass is 9.64. The maximum atomic E-state index is 15.2. The van der Waals surface area contributed by atoms with Gasteiger partial charge in [0.25, 0.3) is 0 Å². The largest absolute Gasteiger partial charge is 0.490 e. The third-order valence-electron chi connectivity index (χ3n) is 7.33. The molecule has 0 aliphatic heterocycles. The predicted octanol–water partition coefficient (Wildman–Crippen LogP) is 8.32. The molecule has 1 nitrogen and oxygen atoms in total. The van der Waals surface area contributed by atoms with E-state index in [-0.39, 0.29) is 5.82 Å². The first-order valence-corrected chi connectivity index (χ1v) is 11.9. The Bertz CT molecular complexity index is 911. The average molecular weight is 419 g/mol. The summed E-state index contributed by atoms with van der Waals surface area (Å²) in [5.74, 6) is 3.53. The van der Waals surface area contributed by atoms with Gasteiger partial charge in [-0.05, 0) is 111 Å². The lowest BCUT2D eigenvalue weighted by Gasteiger charge is -2.42. The lowest BCUT2D eigenvalue weighted by Crippen LogP contribution is -2.30. The van der Waals surface area contributed by atoms with Crippen molar-refractivity contribution in [2.24, 2.45) is 17.8 Å². The van der Waals surface area contributed by atoms with E-state index in [1.165, 1.54) is 25.7 Å². The van der Waals surface area contributed by atoms with Crippen LogP contribution in [0, 0.1) is 23.6 Å². The highest BCUT2D eigenvalue weighted by Gasteiger charge is 2.36. The Morgan fingerprint density at radius 1 is 0.871 bits per heavy atom. The molecule has 0 aromatic heterocycles. The molecule has 0 amide bonds. The second-order valence-corrected chi connectivity index (χ2v) is 9.27. The minimum Gasteiger partial charge on any atom is -0.490 e. The third kappa shape index (κ3) is 5.29. The van der Waals surface area contributed by atoms with Crippen molar-refractivity contribution in [3.63, 3.8) is 0 Å². The molecular formula is C29H35FO. The summed E-state index contributed by atoms with van der Waals surface area (Å²) >= 11 is 0. The van der Waals surface area contributed by atoms with E-state index in [1.807, 2.05) is 49.4 Å². The summed E-state index contributed by atoms with van der Waals surface area (Å²) in [4.78, 5) is 0. The molecule has 0 heterocycles. The van der Waals surface area contributed by atoms with Crippen molar-refractivity contribution < 1.29 is 9.13 Å². The van der Waals surface area contributed by atoms with E-state index in [0.29, 0.717) is 12.5 Å². The first-order valence-electron chi connectivity index (χ1n) is 11.9. The van der Waals surface area contributed by atoms with E-state index >= 15 is 4.39 Å². The van der Waals surface area contributed by atoms with Gasteiger partial charge in [0.1, 0.15) is 18.2 Å². The highest BCUT2D eigenvalue weighted by molar-refractivity contribution is 5.64. The van der Waals surface area contributed by atoms with Crippen LogP contribution in [0.2, 0.25) is 0 Å². The number of rotatable bonds is 6. The Kier molecular flexibility index (Phi) is 7.27. The van der Waals surface area contributed by atoms with Crippen molar-refractivity contribution in [1.29, 1.82) is 0 Å². The van der Waals surface area contributed by atoms with Crippen molar-refractivity contribution in [3.8, 4) is 16.9 Å². The summed E-state index contributed by atoms with van der Waals surface area (Å²) in [6.07, 6.45) is 16.0. The molecule has 2 aliphatic rings. The molecule has 2 aliphatic carbocycles. The maximum absolute atomic E-state index is 15.2. The fraction of sp³-hybridized carbons (Fsp3) is 0.448. The Labute approximate surface area is 187 Å². The predicted molar refractivity (Wildman–Crippen MR) is 128 cm³/mol. The minimum atomic E-state index is -0.0445. The summed E-state index contributed by atoms with van der Waals surface area (Å²) < 4.78 is 20.8. The van der Waals surface area contributed by atoms with Gasteiger partial charge in [-0.3, -0.25) is 0 Å². The molecule has 2 aromatic carbocycles. The van der Waals surface area contributed by atoms with Gasteiger partial charge in [0.15, 0.2) is 0 Å². The number of benzene rings is 2. The van der Waals surface area contributed by atoms with Crippen molar-refractivity contribution in [2.45, 2.75) is 58.3 Å². The molecule has 2 saturated carbocycles. The second kappa shape index (κ2) is 10.3. The van der Waals surface area contributed by atoms with Crippen LogP contribution in [0.15, 0.2) is 66.8 Å². The van der Waals surface area contributed by atoms with Gasteiger partial charge in [-0.2, -0.15) is 0 Å². The smallest absolute Gasteiger partial charge is 0.127 e. The van der Waals surface area contributed by atoms with Crippen molar-refractivity contribution in [2.75, 3.05) is 6.61 Å². The van der Waals surface area contributed by atoms with E-state index < -0.39 is 0 Å². The highest BCUT2D eigenvalue weighted by Crippen LogP contribution is 2.48. The van der Waals surface area contributed by atoms with Crippen molar-refractivity contribution >= 4 is 0 Å². The van der Waals surface area contributed by atoms with Crippen LogP contribution < -0.4 is 4.74 Å². The molecule has 0 spiro atoms. The van der Waals surface area contributed by atoms with Gasteiger partial charge in [0, 0.05) is 0 Å². The zero-order valence-corrected chi connectivity index (χ0v) is 18.9. The summed E-state index contributed by atoms with van der Waals surface area (Å²) in [6.45, 7) is 4.67. The van der Waals surface area contributed by atoms with Gasteiger partial charge in [-0.1, -0.05) is 48.6 Å². The van der Waals surface area contributed by atoms with Crippen LogP contribution in [0.1, 0.15) is 63.9 Å². The normalized spacial score (nSPS) is 26.3. The number of fused-ring (bicyclic) bond motifs is 1. The summed E-state index contributed by atoms with van der Waals surface area (Å²) in [5, 5.41) is 0.